The molecule has 1 aliphatic carbocycles. The molecule has 0 N–H and O–H groups in total. The monoisotopic (exact) mass is 553 g/mol. The van der Waals surface area contributed by atoms with Crippen molar-refractivity contribution in [3.8, 4) is 11.4 Å². The van der Waals surface area contributed by atoms with Crippen LogP contribution in [-0.4, -0.2) is 39.0 Å². The molecule has 1 aromatic heterocycles. The predicted molar refractivity (Wildman–Crippen MR) is 141 cm³/mol. The van der Waals surface area contributed by atoms with Crippen molar-refractivity contribution >= 4 is 5.69 Å². The van der Waals surface area contributed by atoms with E-state index in [2.05, 4.69) is 20.3 Å². The second kappa shape index (κ2) is 9.38. The lowest BCUT2D eigenvalue weighted by molar-refractivity contribution is -0.228. The highest BCUT2D eigenvalue weighted by molar-refractivity contribution is 5.62. The molecule has 4 aromatic rings. The van der Waals surface area contributed by atoms with Gasteiger partial charge in [-0.2, -0.15) is 18.0 Å². The molecule has 10 heteroatoms. The molecule has 3 aromatic carbocycles. The quantitative estimate of drug-likeness (QED) is 0.266. The summed E-state index contributed by atoms with van der Waals surface area (Å²) in [6.45, 7) is 1.31. The number of aryl methyl sites for hydroxylation is 2. The van der Waals surface area contributed by atoms with Crippen molar-refractivity contribution in [2.75, 3.05) is 11.4 Å². The number of tetrazole rings is 1. The van der Waals surface area contributed by atoms with Crippen LogP contribution in [0.15, 0.2) is 66.7 Å². The van der Waals surface area contributed by atoms with E-state index >= 15 is 0 Å². The Balaban J connectivity index is 1.39. The Labute approximate surface area is 228 Å². The first-order valence-corrected chi connectivity index (χ1v) is 13.2. The standard InChI is InChI=1S/C30H28F5N5/c1-28(32,30(33,34)35)22-8-13-25-21(17-22)7-14-26-29(25,18-19-3-9-23(31)10-4-19)15-16-40(26)24-11-5-20(6-12-24)27-36-38-39(2)37-27/h3-6,8-13,17,26H,7,14-16,18H2,1-2H3/t26-,28?,29-/m1/s1. The van der Waals surface area contributed by atoms with Gasteiger partial charge >= 0.3 is 6.18 Å². The first-order valence-electron chi connectivity index (χ1n) is 13.2. The number of rotatable bonds is 5. The number of fused-ring (bicyclic) bond motifs is 3. The van der Waals surface area contributed by atoms with E-state index in [1.807, 2.05) is 24.3 Å². The zero-order chi connectivity index (χ0) is 28.3. The van der Waals surface area contributed by atoms with Crippen LogP contribution in [0.1, 0.15) is 42.0 Å². The second-order valence-corrected chi connectivity index (χ2v) is 11.0. The van der Waals surface area contributed by atoms with Crippen molar-refractivity contribution < 1.29 is 22.0 Å². The van der Waals surface area contributed by atoms with Crippen molar-refractivity contribution in [2.45, 2.75) is 55.9 Å². The van der Waals surface area contributed by atoms with Crippen LogP contribution in [0.4, 0.5) is 27.6 Å². The highest BCUT2D eigenvalue weighted by atomic mass is 19.4. The number of alkyl halides is 4. The van der Waals surface area contributed by atoms with Gasteiger partial charge in [0.1, 0.15) is 5.82 Å². The molecule has 1 saturated heterocycles. The van der Waals surface area contributed by atoms with Crippen LogP contribution in [0.5, 0.6) is 0 Å². The van der Waals surface area contributed by atoms with E-state index < -0.39 is 17.3 Å². The van der Waals surface area contributed by atoms with Gasteiger partial charge in [0.15, 0.2) is 0 Å². The number of halogens is 5. The van der Waals surface area contributed by atoms with Crippen LogP contribution in [0.2, 0.25) is 0 Å². The molecule has 208 valence electrons. The number of anilines is 1. The van der Waals surface area contributed by atoms with Crippen LogP contribution in [0.3, 0.4) is 0 Å². The topological polar surface area (TPSA) is 46.8 Å². The molecule has 6 rings (SSSR count). The van der Waals surface area contributed by atoms with Gasteiger partial charge in [-0.3, -0.25) is 0 Å². The summed E-state index contributed by atoms with van der Waals surface area (Å²) in [6.07, 6.45) is -2.44. The normalized spacial score (nSPS) is 22.1. The molecule has 0 radical (unpaired) electrons. The first kappa shape index (κ1) is 26.4. The highest BCUT2D eigenvalue weighted by Crippen LogP contribution is 2.52. The van der Waals surface area contributed by atoms with E-state index in [0.29, 0.717) is 32.0 Å². The molecule has 1 aliphatic heterocycles. The highest BCUT2D eigenvalue weighted by Gasteiger charge is 2.55. The van der Waals surface area contributed by atoms with E-state index in [4.69, 9.17) is 0 Å². The van der Waals surface area contributed by atoms with Crippen LogP contribution >= 0.6 is 0 Å². The lowest BCUT2D eigenvalue weighted by Gasteiger charge is -2.44. The molecule has 0 saturated carbocycles. The third-order valence-corrected chi connectivity index (χ3v) is 8.61. The molecule has 1 fully saturated rings. The van der Waals surface area contributed by atoms with Gasteiger partial charge in [-0.1, -0.05) is 30.3 Å². The lowest BCUT2D eigenvalue weighted by Crippen LogP contribution is -2.48. The third kappa shape index (κ3) is 4.33. The van der Waals surface area contributed by atoms with Crippen molar-refractivity contribution in [2.24, 2.45) is 7.05 Å². The summed E-state index contributed by atoms with van der Waals surface area (Å²) in [5.74, 6) is 0.203. The fraction of sp³-hybridized carbons (Fsp3) is 0.367. The van der Waals surface area contributed by atoms with E-state index in [1.54, 1.807) is 25.2 Å². The van der Waals surface area contributed by atoms with Gasteiger partial charge < -0.3 is 4.90 Å². The molecular formula is C30H28F5N5. The summed E-state index contributed by atoms with van der Waals surface area (Å²) >= 11 is 0. The van der Waals surface area contributed by atoms with E-state index in [0.717, 1.165) is 40.9 Å². The van der Waals surface area contributed by atoms with Crippen LogP contribution < -0.4 is 4.90 Å². The summed E-state index contributed by atoms with van der Waals surface area (Å²) < 4.78 is 69.2. The Morgan fingerprint density at radius 1 is 0.975 bits per heavy atom. The number of aromatic nitrogens is 4. The van der Waals surface area contributed by atoms with E-state index in [9.17, 15) is 22.0 Å². The molecule has 2 aliphatic rings. The van der Waals surface area contributed by atoms with Gasteiger partial charge in [-0.25, -0.2) is 8.78 Å². The predicted octanol–water partition coefficient (Wildman–Crippen LogP) is 6.47. The zero-order valence-electron chi connectivity index (χ0n) is 22.1. The van der Waals surface area contributed by atoms with Crippen LogP contribution in [0.25, 0.3) is 11.4 Å². The van der Waals surface area contributed by atoms with Crippen molar-refractivity contribution in [1.29, 1.82) is 0 Å². The van der Waals surface area contributed by atoms with Gasteiger partial charge in [0.2, 0.25) is 11.5 Å². The average Bonchev–Trinajstić information content (AvgIpc) is 3.53. The smallest absolute Gasteiger partial charge is 0.368 e. The molecule has 40 heavy (non-hydrogen) atoms. The maximum atomic E-state index is 14.9. The minimum Gasteiger partial charge on any atom is -0.368 e. The molecule has 0 spiro atoms. The molecular weight excluding hydrogens is 525 g/mol. The van der Waals surface area contributed by atoms with Gasteiger partial charge in [0.25, 0.3) is 0 Å². The van der Waals surface area contributed by atoms with Crippen LogP contribution in [0, 0.1) is 5.82 Å². The Morgan fingerprint density at radius 3 is 2.35 bits per heavy atom. The summed E-state index contributed by atoms with van der Waals surface area (Å²) in [7, 11) is 1.71. The molecule has 0 amide bonds. The maximum absolute atomic E-state index is 14.9. The molecule has 2 heterocycles. The summed E-state index contributed by atoms with van der Waals surface area (Å²) in [5, 5.41) is 12.2. The minimum absolute atomic E-state index is 0.0516. The first-order chi connectivity index (χ1) is 19.0. The van der Waals surface area contributed by atoms with E-state index in [-0.39, 0.29) is 17.4 Å². The number of hydrogen-bond donors (Lipinski definition) is 0. The number of hydrogen-bond acceptors (Lipinski definition) is 4. The lowest BCUT2D eigenvalue weighted by atomic mass is 9.63. The Bertz CT molecular complexity index is 1530. The fourth-order valence-corrected chi connectivity index (χ4v) is 6.50. The third-order valence-electron chi connectivity index (χ3n) is 8.61. The van der Waals surface area contributed by atoms with Crippen molar-refractivity contribution in [3.05, 3.63) is 94.8 Å². The maximum Gasteiger partial charge on any atom is 0.426 e. The average molecular weight is 554 g/mol. The van der Waals surface area contributed by atoms with Gasteiger partial charge in [0, 0.05) is 29.3 Å². The fourth-order valence-electron chi connectivity index (χ4n) is 6.50. The van der Waals surface area contributed by atoms with Crippen molar-refractivity contribution in [3.63, 3.8) is 0 Å². The van der Waals surface area contributed by atoms with Crippen LogP contribution in [-0.2, 0) is 31.0 Å². The van der Waals surface area contributed by atoms with E-state index in [1.165, 1.54) is 29.1 Å². The number of nitrogens with zero attached hydrogens (tertiary/aromatic N) is 5. The molecule has 0 bridgehead atoms. The second-order valence-electron chi connectivity index (χ2n) is 11.0. The summed E-state index contributed by atoms with van der Waals surface area (Å²) in [4.78, 5) is 3.75. The Morgan fingerprint density at radius 2 is 1.70 bits per heavy atom. The van der Waals surface area contributed by atoms with Crippen molar-refractivity contribution in [1.82, 2.24) is 20.2 Å². The minimum atomic E-state index is -5.01. The van der Waals surface area contributed by atoms with Gasteiger partial charge in [-0.15, -0.1) is 10.2 Å². The largest absolute Gasteiger partial charge is 0.426 e. The number of benzene rings is 3. The molecule has 5 nitrogen and oxygen atoms in total. The molecule has 3 atom stereocenters. The SMILES string of the molecule is Cn1nnc(-c2ccc(N3CC[C@@]4(Cc5ccc(F)cc5)c5ccc(C(C)(F)C(F)(F)F)cc5CC[C@@H]34)cc2)n1. The Hall–Kier alpha value is -3.82. The Kier molecular flexibility index (Phi) is 6.19. The van der Waals surface area contributed by atoms with Gasteiger partial charge in [-0.05, 0) is 96.5 Å². The van der Waals surface area contributed by atoms with Gasteiger partial charge in [0.05, 0.1) is 7.05 Å². The molecule has 1 unspecified atom stereocenters. The summed E-state index contributed by atoms with van der Waals surface area (Å²) in [6, 6.07) is 18.8. The summed E-state index contributed by atoms with van der Waals surface area (Å²) in [5.41, 5.74) is 0.246. The zero-order valence-corrected chi connectivity index (χ0v) is 22.1.